The zero-order valence-electron chi connectivity index (χ0n) is 13.9. The third-order valence-corrected chi connectivity index (χ3v) is 4.56. The molecule has 1 unspecified atom stereocenters. The molecule has 0 spiro atoms. The van der Waals surface area contributed by atoms with E-state index in [0.29, 0.717) is 12.6 Å². The van der Waals surface area contributed by atoms with E-state index in [2.05, 4.69) is 5.32 Å². The van der Waals surface area contributed by atoms with E-state index >= 15 is 0 Å². The predicted molar refractivity (Wildman–Crippen MR) is 90.9 cm³/mol. The first-order valence-corrected chi connectivity index (χ1v) is 8.56. The molecule has 0 aliphatic heterocycles. The molecule has 128 valence electrons. The van der Waals surface area contributed by atoms with Crippen molar-refractivity contribution in [2.45, 2.75) is 51.3 Å². The zero-order valence-corrected chi connectivity index (χ0v) is 13.9. The summed E-state index contributed by atoms with van der Waals surface area (Å²) in [5.41, 5.74) is 1.84. The number of nitrogens with one attached hydrogen (secondary N) is 1. The number of rotatable bonds is 6. The highest BCUT2D eigenvalue weighted by molar-refractivity contribution is 5.29. The predicted octanol–water partition coefficient (Wildman–Crippen LogP) is 5.14. The molecule has 2 aromatic rings. The van der Waals surface area contributed by atoms with Gasteiger partial charge in [-0.15, -0.1) is 0 Å². The molecule has 4 heteroatoms. The molecule has 3 rings (SSSR count). The summed E-state index contributed by atoms with van der Waals surface area (Å²) in [6.45, 7) is 2.58. The van der Waals surface area contributed by atoms with Crippen LogP contribution in [0.3, 0.4) is 0 Å². The first kappa shape index (κ1) is 16.9. The third-order valence-electron chi connectivity index (χ3n) is 4.56. The Hall–Kier alpha value is -1.94. The van der Waals surface area contributed by atoms with Crippen LogP contribution in [0.5, 0.6) is 5.75 Å². The van der Waals surface area contributed by atoms with Crippen molar-refractivity contribution in [3.63, 3.8) is 0 Å². The fourth-order valence-electron chi connectivity index (χ4n) is 3.10. The third kappa shape index (κ3) is 4.32. The molecule has 0 bridgehead atoms. The van der Waals surface area contributed by atoms with Gasteiger partial charge in [0, 0.05) is 12.6 Å². The molecule has 1 atom stereocenters. The van der Waals surface area contributed by atoms with Gasteiger partial charge < -0.3 is 10.1 Å². The Bertz CT molecular complexity index is 683. The Morgan fingerprint density at radius 3 is 2.62 bits per heavy atom. The van der Waals surface area contributed by atoms with Gasteiger partial charge in [0.1, 0.15) is 5.75 Å². The van der Waals surface area contributed by atoms with Crippen LogP contribution in [0.15, 0.2) is 42.5 Å². The van der Waals surface area contributed by atoms with Crippen LogP contribution < -0.4 is 10.1 Å². The summed E-state index contributed by atoms with van der Waals surface area (Å²) >= 11 is 0. The summed E-state index contributed by atoms with van der Waals surface area (Å²) in [6, 6.07) is 12.0. The van der Waals surface area contributed by atoms with Crippen molar-refractivity contribution >= 4 is 0 Å². The Morgan fingerprint density at radius 2 is 1.88 bits per heavy atom. The van der Waals surface area contributed by atoms with Crippen LogP contribution in [0.1, 0.15) is 49.8 Å². The van der Waals surface area contributed by atoms with Gasteiger partial charge in [-0.25, -0.2) is 8.78 Å². The average molecular weight is 331 g/mol. The van der Waals surface area contributed by atoms with E-state index < -0.39 is 11.6 Å². The van der Waals surface area contributed by atoms with Gasteiger partial charge in [-0.1, -0.05) is 18.2 Å². The number of hydrogen-bond acceptors (Lipinski definition) is 2. The molecule has 24 heavy (non-hydrogen) atoms. The lowest BCUT2D eigenvalue weighted by molar-refractivity contribution is 0.210. The minimum Gasteiger partial charge on any atom is -0.490 e. The van der Waals surface area contributed by atoms with Gasteiger partial charge in [0.15, 0.2) is 11.6 Å². The van der Waals surface area contributed by atoms with Crippen molar-refractivity contribution in [3.05, 3.63) is 65.2 Å². The maximum absolute atomic E-state index is 13.3. The van der Waals surface area contributed by atoms with Gasteiger partial charge in [-0.05, 0) is 68.0 Å². The second-order valence-electron chi connectivity index (χ2n) is 6.45. The van der Waals surface area contributed by atoms with E-state index in [1.54, 1.807) is 6.07 Å². The van der Waals surface area contributed by atoms with E-state index in [-0.39, 0.29) is 6.04 Å². The Kier molecular flexibility index (Phi) is 5.46. The summed E-state index contributed by atoms with van der Waals surface area (Å²) in [6.07, 6.45) is 5.11. The number of ether oxygens (including phenoxy) is 1. The lowest BCUT2D eigenvalue weighted by Gasteiger charge is -2.16. The first-order valence-electron chi connectivity index (χ1n) is 8.56. The molecule has 0 radical (unpaired) electrons. The molecule has 1 N–H and O–H groups in total. The standard InChI is InChI=1S/C20H23F2NO/c1-14(16-9-10-19(21)20(22)12-16)23-13-15-5-4-8-18(11-15)24-17-6-2-3-7-17/h4-5,8-12,14,17,23H,2-3,6-7,13H2,1H3. The van der Waals surface area contributed by atoms with Gasteiger partial charge >= 0.3 is 0 Å². The summed E-state index contributed by atoms with van der Waals surface area (Å²) in [4.78, 5) is 0. The molecule has 0 amide bonds. The highest BCUT2D eigenvalue weighted by Crippen LogP contribution is 2.25. The van der Waals surface area contributed by atoms with Crippen molar-refractivity contribution in [2.75, 3.05) is 0 Å². The van der Waals surface area contributed by atoms with Crippen molar-refractivity contribution in [1.82, 2.24) is 5.32 Å². The Balaban J connectivity index is 1.58. The zero-order chi connectivity index (χ0) is 16.9. The molecular weight excluding hydrogens is 308 g/mol. The molecule has 1 aliphatic rings. The van der Waals surface area contributed by atoms with Crippen LogP contribution in [0.2, 0.25) is 0 Å². The SMILES string of the molecule is CC(NCc1cccc(OC2CCCC2)c1)c1ccc(F)c(F)c1. The maximum atomic E-state index is 13.3. The lowest BCUT2D eigenvalue weighted by Crippen LogP contribution is -2.18. The van der Waals surface area contributed by atoms with E-state index in [9.17, 15) is 8.78 Å². The second kappa shape index (κ2) is 7.75. The van der Waals surface area contributed by atoms with Crippen LogP contribution in [0.25, 0.3) is 0 Å². The van der Waals surface area contributed by atoms with Crippen molar-refractivity contribution < 1.29 is 13.5 Å². The van der Waals surface area contributed by atoms with Crippen LogP contribution in [-0.2, 0) is 6.54 Å². The van der Waals surface area contributed by atoms with Crippen LogP contribution in [0.4, 0.5) is 8.78 Å². The van der Waals surface area contributed by atoms with Crippen LogP contribution >= 0.6 is 0 Å². The van der Waals surface area contributed by atoms with Crippen LogP contribution in [0, 0.1) is 11.6 Å². The summed E-state index contributed by atoms with van der Waals surface area (Å²) in [7, 11) is 0. The molecule has 2 nitrogen and oxygen atoms in total. The monoisotopic (exact) mass is 331 g/mol. The number of benzene rings is 2. The van der Waals surface area contributed by atoms with Crippen molar-refractivity contribution in [3.8, 4) is 5.75 Å². The largest absolute Gasteiger partial charge is 0.490 e. The number of halogens is 2. The highest BCUT2D eigenvalue weighted by Gasteiger charge is 2.16. The van der Waals surface area contributed by atoms with Gasteiger partial charge in [0.2, 0.25) is 0 Å². The quantitative estimate of drug-likeness (QED) is 0.791. The van der Waals surface area contributed by atoms with E-state index in [1.165, 1.54) is 25.0 Å². The summed E-state index contributed by atoms with van der Waals surface area (Å²) in [5.74, 6) is -0.725. The van der Waals surface area contributed by atoms with Gasteiger partial charge in [-0.2, -0.15) is 0 Å². The molecule has 0 heterocycles. The van der Waals surface area contributed by atoms with E-state index in [0.717, 1.165) is 29.7 Å². The topological polar surface area (TPSA) is 21.3 Å². The Morgan fingerprint density at radius 1 is 1.08 bits per heavy atom. The van der Waals surface area contributed by atoms with Gasteiger partial charge in [0.25, 0.3) is 0 Å². The van der Waals surface area contributed by atoms with Crippen LogP contribution in [-0.4, -0.2) is 6.10 Å². The fraction of sp³-hybridized carbons (Fsp3) is 0.400. The van der Waals surface area contributed by atoms with E-state index in [1.807, 2.05) is 31.2 Å². The maximum Gasteiger partial charge on any atom is 0.159 e. The van der Waals surface area contributed by atoms with E-state index in [4.69, 9.17) is 4.74 Å². The lowest BCUT2D eigenvalue weighted by atomic mass is 10.1. The van der Waals surface area contributed by atoms with Gasteiger partial charge in [-0.3, -0.25) is 0 Å². The normalized spacial score (nSPS) is 16.3. The minimum absolute atomic E-state index is 0.0699. The summed E-state index contributed by atoms with van der Waals surface area (Å²) < 4.78 is 32.4. The molecular formula is C20H23F2NO. The van der Waals surface area contributed by atoms with Crippen molar-refractivity contribution in [2.24, 2.45) is 0 Å². The minimum atomic E-state index is -0.817. The number of hydrogen-bond donors (Lipinski definition) is 1. The molecule has 1 saturated carbocycles. The van der Waals surface area contributed by atoms with Crippen molar-refractivity contribution in [1.29, 1.82) is 0 Å². The molecule has 1 aliphatic carbocycles. The molecule has 2 aromatic carbocycles. The first-order chi connectivity index (χ1) is 11.6. The molecule has 0 aromatic heterocycles. The smallest absolute Gasteiger partial charge is 0.159 e. The highest BCUT2D eigenvalue weighted by atomic mass is 19.2. The average Bonchev–Trinajstić information content (AvgIpc) is 3.08. The van der Waals surface area contributed by atoms with Gasteiger partial charge in [0.05, 0.1) is 6.10 Å². The second-order valence-corrected chi connectivity index (χ2v) is 6.45. The molecule has 0 saturated heterocycles. The summed E-state index contributed by atoms with van der Waals surface area (Å²) in [5, 5.41) is 3.34. The fourth-order valence-corrected chi connectivity index (χ4v) is 3.10. The Labute approximate surface area is 141 Å². The molecule has 1 fully saturated rings.